The van der Waals surface area contributed by atoms with E-state index in [1.54, 1.807) is 0 Å². The number of aromatic nitrogens is 1. The molecule has 0 saturated heterocycles. The monoisotopic (exact) mass is 272 g/mol. The van der Waals surface area contributed by atoms with Crippen LogP contribution in [0.4, 0.5) is 5.69 Å². The quantitative estimate of drug-likeness (QED) is 0.806. The van der Waals surface area contributed by atoms with Crippen LogP contribution in [0.15, 0.2) is 18.2 Å². The summed E-state index contributed by atoms with van der Waals surface area (Å²) < 4.78 is 4.77. The van der Waals surface area contributed by atoms with Gasteiger partial charge in [-0.3, -0.25) is 9.78 Å². The van der Waals surface area contributed by atoms with Gasteiger partial charge < -0.3 is 9.64 Å². The average molecular weight is 272 g/mol. The molecule has 20 heavy (non-hydrogen) atoms. The third-order valence-corrected chi connectivity index (χ3v) is 3.29. The summed E-state index contributed by atoms with van der Waals surface area (Å²) in [7, 11) is 5.43. The Balaban J connectivity index is 2.72. The van der Waals surface area contributed by atoms with Gasteiger partial charge in [0.25, 0.3) is 0 Å². The van der Waals surface area contributed by atoms with E-state index in [0.717, 1.165) is 33.4 Å². The van der Waals surface area contributed by atoms with Crippen molar-refractivity contribution in [2.45, 2.75) is 20.3 Å². The molecule has 0 amide bonds. The number of methoxy groups -OCH3 is 1. The van der Waals surface area contributed by atoms with Crippen LogP contribution in [-0.4, -0.2) is 32.2 Å². The molecule has 1 aromatic carbocycles. The highest BCUT2D eigenvalue weighted by atomic mass is 16.5. The summed E-state index contributed by atoms with van der Waals surface area (Å²) in [6, 6.07) is 6.17. The molecule has 0 aliphatic heterocycles. The first-order valence-electron chi connectivity index (χ1n) is 6.57. The zero-order chi connectivity index (χ0) is 14.9. The Kier molecular flexibility index (Phi) is 3.93. The number of esters is 1. The number of benzene rings is 1. The summed E-state index contributed by atoms with van der Waals surface area (Å²) in [6.07, 6.45) is 0.248. The Labute approximate surface area is 119 Å². The number of rotatable bonds is 3. The zero-order valence-corrected chi connectivity index (χ0v) is 12.7. The second kappa shape index (κ2) is 5.49. The van der Waals surface area contributed by atoms with Gasteiger partial charge in [0.15, 0.2) is 0 Å². The van der Waals surface area contributed by atoms with Crippen LogP contribution in [0.3, 0.4) is 0 Å². The Hall–Kier alpha value is -2.10. The topological polar surface area (TPSA) is 42.4 Å². The van der Waals surface area contributed by atoms with Gasteiger partial charge in [-0.25, -0.2) is 0 Å². The molecular formula is C16H20N2O2. The average Bonchev–Trinajstić information content (AvgIpc) is 2.38. The lowest BCUT2D eigenvalue weighted by Gasteiger charge is -2.18. The molecule has 2 rings (SSSR count). The number of nitrogens with zero attached hydrogens (tertiary/aromatic N) is 2. The summed E-state index contributed by atoms with van der Waals surface area (Å²) >= 11 is 0. The number of carbonyl (C=O) groups excluding carboxylic acids is 1. The number of pyridine rings is 1. The van der Waals surface area contributed by atoms with Crippen LogP contribution in [0.2, 0.25) is 0 Å². The number of ether oxygens (including phenoxy) is 1. The van der Waals surface area contributed by atoms with E-state index in [-0.39, 0.29) is 12.4 Å². The highest BCUT2D eigenvalue weighted by Crippen LogP contribution is 2.29. The summed E-state index contributed by atoms with van der Waals surface area (Å²) in [5.41, 5.74) is 4.96. The van der Waals surface area contributed by atoms with E-state index in [0.29, 0.717) is 0 Å². The molecule has 0 saturated carbocycles. The van der Waals surface area contributed by atoms with Crippen LogP contribution in [0, 0.1) is 13.8 Å². The molecule has 1 heterocycles. The van der Waals surface area contributed by atoms with Gasteiger partial charge in [0, 0.05) is 30.9 Å². The maximum atomic E-state index is 11.6. The Morgan fingerprint density at radius 1 is 1.25 bits per heavy atom. The second-order valence-corrected chi connectivity index (χ2v) is 5.25. The van der Waals surface area contributed by atoms with Crippen LogP contribution < -0.4 is 4.90 Å². The van der Waals surface area contributed by atoms with Gasteiger partial charge in [-0.15, -0.1) is 0 Å². The molecule has 106 valence electrons. The van der Waals surface area contributed by atoms with Crippen molar-refractivity contribution in [3.8, 4) is 0 Å². The van der Waals surface area contributed by atoms with Gasteiger partial charge in [-0.1, -0.05) is 11.6 Å². The molecule has 0 aliphatic rings. The van der Waals surface area contributed by atoms with Crippen LogP contribution in [0.25, 0.3) is 10.9 Å². The predicted octanol–water partition coefficient (Wildman–Crippen LogP) is 2.63. The van der Waals surface area contributed by atoms with Gasteiger partial charge in [0.1, 0.15) is 0 Å². The summed E-state index contributed by atoms with van der Waals surface area (Å²) in [5.74, 6) is -0.244. The fourth-order valence-corrected chi connectivity index (χ4v) is 2.40. The molecule has 0 bridgehead atoms. The van der Waals surface area contributed by atoms with E-state index in [2.05, 4.69) is 22.0 Å². The minimum atomic E-state index is -0.244. The van der Waals surface area contributed by atoms with Crippen molar-refractivity contribution >= 4 is 22.6 Å². The number of hydrogen-bond acceptors (Lipinski definition) is 4. The van der Waals surface area contributed by atoms with Gasteiger partial charge in [-0.2, -0.15) is 0 Å². The summed E-state index contributed by atoms with van der Waals surface area (Å²) in [5, 5.41) is 1.07. The fourth-order valence-electron chi connectivity index (χ4n) is 2.40. The lowest BCUT2D eigenvalue weighted by Crippen LogP contribution is -2.11. The summed E-state index contributed by atoms with van der Waals surface area (Å²) in [6.45, 7) is 3.99. The normalized spacial score (nSPS) is 10.7. The summed E-state index contributed by atoms with van der Waals surface area (Å²) in [4.78, 5) is 18.3. The molecule has 0 unspecified atom stereocenters. The van der Waals surface area contributed by atoms with Crippen molar-refractivity contribution in [2.24, 2.45) is 0 Å². The molecule has 0 aliphatic carbocycles. The molecule has 4 heteroatoms. The third-order valence-electron chi connectivity index (χ3n) is 3.29. The van der Waals surface area contributed by atoms with Crippen molar-refractivity contribution in [1.82, 2.24) is 4.98 Å². The smallest absolute Gasteiger partial charge is 0.310 e. The number of hydrogen-bond donors (Lipinski definition) is 0. The maximum absolute atomic E-state index is 11.6. The highest BCUT2D eigenvalue weighted by molar-refractivity contribution is 5.95. The number of aryl methyl sites for hydroxylation is 2. The maximum Gasteiger partial charge on any atom is 0.310 e. The van der Waals surface area contributed by atoms with E-state index < -0.39 is 0 Å². The van der Waals surface area contributed by atoms with Gasteiger partial charge in [0.05, 0.1) is 19.0 Å². The van der Waals surface area contributed by atoms with Crippen molar-refractivity contribution in [1.29, 1.82) is 0 Å². The standard InChI is InChI=1S/C16H20N2O2/c1-10-6-12(9-15(19)20-5)16-13(7-10)14(18(3)4)8-11(2)17-16/h6-8H,9H2,1-5H3. The second-order valence-electron chi connectivity index (χ2n) is 5.25. The molecular weight excluding hydrogens is 252 g/mol. The van der Waals surface area contributed by atoms with E-state index in [4.69, 9.17) is 4.74 Å². The van der Waals surface area contributed by atoms with Crippen molar-refractivity contribution in [3.63, 3.8) is 0 Å². The lowest BCUT2D eigenvalue weighted by atomic mass is 10.0. The van der Waals surface area contributed by atoms with E-state index in [1.165, 1.54) is 7.11 Å². The first-order chi connectivity index (χ1) is 9.42. The van der Waals surface area contributed by atoms with Crippen molar-refractivity contribution in [2.75, 3.05) is 26.1 Å². The van der Waals surface area contributed by atoms with E-state index >= 15 is 0 Å². The Morgan fingerprint density at radius 2 is 1.95 bits per heavy atom. The number of fused-ring (bicyclic) bond motifs is 1. The molecule has 2 aromatic rings. The Morgan fingerprint density at radius 3 is 2.55 bits per heavy atom. The van der Waals surface area contributed by atoms with Crippen LogP contribution in [0.1, 0.15) is 16.8 Å². The molecule has 0 atom stereocenters. The first kappa shape index (κ1) is 14.3. The van der Waals surface area contributed by atoms with Gasteiger partial charge in [-0.05, 0) is 31.5 Å². The minimum Gasteiger partial charge on any atom is -0.469 e. The van der Waals surface area contributed by atoms with Gasteiger partial charge in [0.2, 0.25) is 0 Å². The van der Waals surface area contributed by atoms with Gasteiger partial charge >= 0.3 is 5.97 Å². The molecule has 0 N–H and O–H groups in total. The fraction of sp³-hybridized carbons (Fsp3) is 0.375. The van der Waals surface area contributed by atoms with Crippen LogP contribution in [0.5, 0.6) is 0 Å². The van der Waals surface area contributed by atoms with E-state index in [9.17, 15) is 4.79 Å². The number of carbonyl (C=O) groups is 1. The Bertz CT molecular complexity index is 663. The lowest BCUT2D eigenvalue weighted by molar-refractivity contribution is -0.139. The molecule has 0 radical (unpaired) electrons. The number of anilines is 1. The zero-order valence-electron chi connectivity index (χ0n) is 12.7. The molecule has 1 aromatic heterocycles. The predicted molar refractivity (Wildman–Crippen MR) is 81.3 cm³/mol. The minimum absolute atomic E-state index is 0.244. The SMILES string of the molecule is COC(=O)Cc1cc(C)cc2c(N(C)C)cc(C)nc12. The first-order valence-corrected chi connectivity index (χ1v) is 6.57. The van der Waals surface area contributed by atoms with Crippen molar-refractivity contribution in [3.05, 3.63) is 35.0 Å². The molecule has 0 spiro atoms. The largest absolute Gasteiger partial charge is 0.469 e. The van der Waals surface area contributed by atoms with Crippen LogP contribution >= 0.6 is 0 Å². The van der Waals surface area contributed by atoms with E-state index in [1.807, 2.05) is 34.0 Å². The molecule has 4 nitrogen and oxygen atoms in total. The molecule has 0 fully saturated rings. The van der Waals surface area contributed by atoms with Crippen LogP contribution in [-0.2, 0) is 16.0 Å². The third kappa shape index (κ3) is 2.74. The highest BCUT2D eigenvalue weighted by Gasteiger charge is 2.13. The van der Waals surface area contributed by atoms with Crippen molar-refractivity contribution < 1.29 is 9.53 Å².